The lowest BCUT2D eigenvalue weighted by atomic mass is 9.91. The molecule has 0 radical (unpaired) electrons. The Kier molecular flexibility index (Phi) is 6.20. The van der Waals surface area contributed by atoms with Crippen molar-refractivity contribution in [3.05, 3.63) is 176 Å². The van der Waals surface area contributed by atoms with Crippen molar-refractivity contribution in [3.8, 4) is 22.3 Å². The van der Waals surface area contributed by atoms with Crippen LogP contribution in [0.2, 0.25) is 0 Å². The van der Waals surface area contributed by atoms with Crippen molar-refractivity contribution in [2.75, 3.05) is 4.90 Å². The van der Waals surface area contributed by atoms with Crippen LogP contribution in [0.4, 0.5) is 17.1 Å². The van der Waals surface area contributed by atoms with Crippen molar-refractivity contribution >= 4 is 49.4 Å². The van der Waals surface area contributed by atoms with Gasteiger partial charge in [-0.15, -0.1) is 0 Å². The highest BCUT2D eigenvalue weighted by molar-refractivity contribution is 6.15. The zero-order chi connectivity index (χ0) is 28.6. The summed E-state index contributed by atoms with van der Waals surface area (Å²) in [7, 11) is 0. The molecule has 0 aliphatic rings. The van der Waals surface area contributed by atoms with Crippen molar-refractivity contribution in [1.29, 1.82) is 0 Å². The van der Waals surface area contributed by atoms with Crippen LogP contribution in [0, 0.1) is 0 Å². The molecule has 0 saturated heterocycles. The molecule has 0 amide bonds. The predicted octanol–water partition coefficient (Wildman–Crippen LogP) is 11.9. The van der Waals surface area contributed by atoms with E-state index in [0.29, 0.717) is 0 Å². The first kappa shape index (κ1) is 25.1. The largest absolute Gasteiger partial charge is 0.309 e. The van der Waals surface area contributed by atoms with E-state index < -0.39 is 0 Å². The molecule has 0 bridgehead atoms. The second kappa shape index (κ2) is 10.6. The maximum Gasteiger partial charge on any atom is 0.0540 e. The molecule has 8 aromatic rings. The molecule has 0 aromatic heterocycles. The van der Waals surface area contributed by atoms with Crippen molar-refractivity contribution in [3.63, 3.8) is 0 Å². The summed E-state index contributed by atoms with van der Waals surface area (Å²) in [5.74, 6) is 0. The lowest BCUT2D eigenvalue weighted by Gasteiger charge is -2.30. The highest BCUT2D eigenvalue weighted by atomic mass is 15.1. The number of fused-ring (bicyclic) bond motifs is 4. The van der Waals surface area contributed by atoms with Crippen LogP contribution in [-0.4, -0.2) is 0 Å². The third-order valence-electron chi connectivity index (χ3n) is 8.42. The van der Waals surface area contributed by atoms with E-state index in [4.69, 9.17) is 0 Å². The van der Waals surface area contributed by atoms with Gasteiger partial charge in [0.05, 0.1) is 11.4 Å². The van der Waals surface area contributed by atoms with Gasteiger partial charge in [0.15, 0.2) is 0 Å². The molecule has 0 N–H and O–H groups in total. The fraction of sp³-hybridized carbons (Fsp3) is 0. The summed E-state index contributed by atoms with van der Waals surface area (Å²) in [5.41, 5.74) is 8.21. The SMILES string of the molecule is c1ccc(N(c2ccccc2-c2ccc3ccccc3c2)c2ccccc2-c2cc3ccccc3c3ccccc23)cc1. The Morgan fingerprint density at radius 1 is 0.302 bits per heavy atom. The number of benzene rings is 8. The zero-order valence-corrected chi connectivity index (χ0v) is 23.7. The lowest BCUT2D eigenvalue weighted by molar-refractivity contribution is 1.28. The minimum Gasteiger partial charge on any atom is -0.309 e. The molecular formula is C42H29N. The molecule has 8 aromatic carbocycles. The maximum atomic E-state index is 2.42. The van der Waals surface area contributed by atoms with E-state index in [1.807, 2.05) is 0 Å². The number of nitrogens with zero attached hydrogens (tertiary/aromatic N) is 1. The van der Waals surface area contributed by atoms with E-state index >= 15 is 0 Å². The lowest BCUT2D eigenvalue weighted by Crippen LogP contribution is -2.12. The van der Waals surface area contributed by atoms with Crippen LogP contribution in [-0.2, 0) is 0 Å². The number of anilines is 3. The average Bonchev–Trinajstić information content (AvgIpc) is 3.09. The van der Waals surface area contributed by atoms with Crippen LogP contribution in [0.15, 0.2) is 176 Å². The van der Waals surface area contributed by atoms with Gasteiger partial charge in [0.25, 0.3) is 0 Å². The van der Waals surface area contributed by atoms with Crippen LogP contribution < -0.4 is 4.90 Å². The second-order valence-electron chi connectivity index (χ2n) is 11.0. The van der Waals surface area contributed by atoms with E-state index in [0.717, 1.165) is 17.1 Å². The van der Waals surface area contributed by atoms with E-state index in [2.05, 4.69) is 181 Å². The van der Waals surface area contributed by atoms with Crippen LogP contribution in [0.25, 0.3) is 54.6 Å². The topological polar surface area (TPSA) is 3.24 Å². The van der Waals surface area contributed by atoms with E-state index in [9.17, 15) is 0 Å². The Balaban J connectivity index is 1.40. The fourth-order valence-corrected chi connectivity index (χ4v) is 6.43. The van der Waals surface area contributed by atoms with Gasteiger partial charge >= 0.3 is 0 Å². The van der Waals surface area contributed by atoms with Crippen molar-refractivity contribution in [2.45, 2.75) is 0 Å². The van der Waals surface area contributed by atoms with Crippen LogP contribution in [0.1, 0.15) is 0 Å². The fourth-order valence-electron chi connectivity index (χ4n) is 6.43. The minimum absolute atomic E-state index is 1.12. The summed E-state index contributed by atoms with van der Waals surface area (Å²) in [6.45, 7) is 0. The predicted molar refractivity (Wildman–Crippen MR) is 185 cm³/mol. The molecule has 0 saturated carbocycles. The Morgan fingerprint density at radius 2 is 0.860 bits per heavy atom. The summed E-state index contributed by atoms with van der Waals surface area (Å²) in [5, 5.41) is 7.54. The van der Waals surface area contributed by atoms with Crippen LogP contribution in [0.5, 0.6) is 0 Å². The van der Waals surface area contributed by atoms with E-state index in [1.165, 1.54) is 54.6 Å². The molecule has 0 aliphatic carbocycles. The highest BCUT2D eigenvalue weighted by Crippen LogP contribution is 2.46. The molecule has 0 spiro atoms. The monoisotopic (exact) mass is 547 g/mol. The molecule has 0 fully saturated rings. The van der Waals surface area contributed by atoms with Crippen LogP contribution in [0.3, 0.4) is 0 Å². The molecule has 1 nitrogen and oxygen atoms in total. The van der Waals surface area contributed by atoms with Gasteiger partial charge in [-0.05, 0) is 79.8 Å². The van der Waals surface area contributed by atoms with Gasteiger partial charge in [-0.2, -0.15) is 0 Å². The standard InChI is InChI=1S/C42H29N/c1-2-17-34(18-3-1)43(41-24-12-10-20-36(41)33-27-26-30-14-4-5-15-31(30)28-33)42-25-13-11-23-39(42)40-29-32-16-6-7-19-35(32)37-21-8-9-22-38(37)40/h1-29H. The van der Waals surface area contributed by atoms with Crippen molar-refractivity contribution < 1.29 is 0 Å². The van der Waals surface area contributed by atoms with Gasteiger partial charge < -0.3 is 4.90 Å². The molecular weight excluding hydrogens is 518 g/mol. The Labute approximate surface area is 251 Å². The summed E-state index contributed by atoms with van der Waals surface area (Å²) >= 11 is 0. The Bertz CT molecular complexity index is 2250. The number of rotatable bonds is 5. The molecule has 0 heterocycles. The summed E-state index contributed by atoms with van der Waals surface area (Å²) < 4.78 is 0. The van der Waals surface area contributed by atoms with Gasteiger partial charge in [0.2, 0.25) is 0 Å². The van der Waals surface area contributed by atoms with Gasteiger partial charge in [-0.1, -0.05) is 140 Å². The van der Waals surface area contributed by atoms with Gasteiger partial charge in [0.1, 0.15) is 0 Å². The molecule has 8 rings (SSSR count). The third kappa shape index (κ3) is 4.43. The number of hydrogen-bond donors (Lipinski definition) is 0. The molecule has 43 heavy (non-hydrogen) atoms. The summed E-state index contributed by atoms with van der Waals surface area (Å²) in [4.78, 5) is 2.42. The normalized spacial score (nSPS) is 11.3. The number of para-hydroxylation sites is 3. The maximum absolute atomic E-state index is 2.42. The van der Waals surface area contributed by atoms with Crippen molar-refractivity contribution in [1.82, 2.24) is 0 Å². The first-order valence-corrected chi connectivity index (χ1v) is 14.8. The third-order valence-corrected chi connectivity index (χ3v) is 8.42. The van der Waals surface area contributed by atoms with E-state index in [1.54, 1.807) is 0 Å². The van der Waals surface area contributed by atoms with Gasteiger partial charge in [-0.3, -0.25) is 0 Å². The smallest absolute Gasteiger partial charge is 0.0540 e. The average molecular weight is 548 g/mol. The van der Waals surface area contributed by atoms with E-state index in [-0.39, 0.29) is 0 Å². The Hall–Kier alpha value is -5.66. The summed E-state index contributed by atoms with van der Waals surface area (Å²) in [6, 6.07) is 63.5. The number of hydrogen-bond acceptors (Lipinski definition) is 1. The molecule has 1 heteroatoms. The van der Waals surface area contributed by atoms with Crippen LogP contribution >= 0.6 is 0 Å². The quantitative estimate of drug-likeness (QED) is 0.194. The van der Waals surface area contributed by atoms with Crippen molar-refractivity contribution in [2.24, 2.45) is 0 Å². The zero-order valence-electron chi connectivity index (χ0n) is 23.7. The van der Waals surface area contributed by atoms with Gasteiger partial charge in [-0.25, -0.2) is 0 Å². The molecule has 0 atom stereocenters. The second-order valence-corrected chi connectivity index (χ2v) is 11.0. The molecule has 0 unspecified atom stereocenters. The van der Waals surface area contributed by atoms with Gasteiger partial charge in [0, 0.05) is 16.8 Å². The molecule has 202 valence electrons. The first-order valence-electron chi connectivity index (χ1n) is 14.8. The summed E-state index contributed by atoms with van der Waals surface area (Å²) in [6.07, 6.45) is 0. The minimum atomic E-state index is 1.12. The highest BCUT2D eigenvalue weighted by Gasteiger charge is 2.21. The Morgan fingerprint density at radius 3 is 1.65 bits per heavy atom. The first-order chi connectivity index (χ1) is 21.3. The molecule has 0 aliphatic heterocycles.